The highest BCUT2D eigenvalue weighted by molar-refractivity contribution is 6.32. The lowest BCUT2D eigenvalue weighted by Gasteiger charge is -2.23. The van der Waals surface area contributed by atoms with Crippen molar-refractivity contribution < 1.29 is 9.47 Å². The molecule has 0 amide bonds. The summed E-state index contributed by atoms with van der Waals surface area (Å²) in [6.07, 6.45) is 7.37. The number of anilines is 3. The van der Waals surface area contributed by atoms with Crippen LogP contribution in [0.2, 0.25) is 5.02 Å². The maximum atomic E-state index is 6.53. The van der Waals surface area contributed by atoms with E-state index in [1.807, 2.05) is 18.0 Å². The fourth-order valence-corrected chi connectivity index (χ4v) is 4.10. The van der Waals surface area contributed by atoms with Crippen LogP contribution in [-0.4, -0.2) is 60.8 Å². The molecule has 1 saturated heterocycles. The van der Waals surface area contributed by atoms with Gasteiger partial charge in [-0.2, -0.15) is 5.10 Å². The summed E-state index contributed by atoms with van der Waals surface area (Å²) in [5.74, 6) is 2.27. The summed E-state index contributed by atoms with van der Waals surface area (Å²) in [6.45, 7) is 1.40. The highest BCUT2D eigenvalue weighted by Crippen LogP contribution is 2.33. The molecule has 0 bridgehead atoms. The molecule has 176 valence electrons. The molecule has 0 saturated carbocycles. The third-order valence-corrected chi connectivity index (χ3v) is 6.10. The van der Waals surface area contributed by atoms with Gasteiger partial charge in [-0.25, -0.2) is 29.4 Å². The van der Waals surface area contributed by atoms with Crippen molar-refractivity contribution in [2.45, 2.75) is 12.5 Å². The molecule has 1 aliphatic rings. The van der Waals surface area contributed by atoms with Crippen molar-refractivity contribution in [2.75, 3.05) is 30.5 Å². The molecule has 0 unspecified atom stereocenters. The van der Waals surface area contributed by atoms with Crippen molar-refractivity contribution in [3.05, 3.63) is 60.4 Å². The van der Waals surface area contributed by atoms with E-state index in [1.54, 1.807) is 41.2 Å². The van der Waals surface area contributed by atoms with Gasteiger partial charge in [0.25, 0.3) is 0 Å². The second-order valence-corrected chi connectivity index (χ2v) is 8.46. The smallest absolute Gasteiger partial charge is 0.226 e. The van der Waals surface area contributed by atoms with Gasteiger partial charge in [-0.15, -0.1) is 0 Å². The number of ether oxygens (including phenoxy) is 2. The number of aromatic nitrogens is 7. The third kappa shape index (κ3) is 4.27. The largest absolute Gasteiger partial charge is 0.456 e. The molecule has 12 heteroatoms. The van der Waals surface area contributed by atoms with Crippen molar-refractivity contribution >= 4 is 45.7 Å². The minimum atomic E-state index is 0.241. The number of likely N-dealkylation sites (N-methyl/N-ethyl adjacent to an activating group) is 1. The molecule has 5 aromatic rings. The summed E-state index contributed by atoms with van der Waals surface area (Å²) in [6, 6.07) is 9.23. The monoisotopic (exact) mass is 489 g/mol. The van der Waals surface area contributed by atoms with E-state index in [0.717, 1.165) is 18.7 Å². The quantitative estimate of drug-likeness (QED) is 0.376. The number of pyridine rings is 1. The minimum Gasteiger partial charge on any atom is -0.456 e. The Hall–Kier alpha value is -4.09. The first kappa shape index (κ1) is 21.4. The maximum absolute atomic E-state index is 6.53. The normalized spacial score (nSPS) is 15.5. The first-order valence-corrected chi connectivity index (χ1v) is 11.3. The molecule has 35 heavy (non-hydrogen) atoms. The molecule has 0 aliphatic carbocycles. The maximum Gasteiger partial charge on any atom is 0.226 e. The molecule has 1 aromatic carbocycles. The summed E-state index contributed by atoms with van der Waals surface area (Å²) in [5.41, 5.74) is 2.66. The lowest BCUT2D eigenvalue weighted by atomic mass is 10.2. The molecule has 0 radical (unpaired) electrons. The predicted octanol–water partition coefficient (Wildman–Crippen LogP) is 3.88. The average Bonchev–Trinajstić information content (AvgIpc) is 3.57. The Balaban J connectivity index is 1.25. The van der Waals surface area contributed by atoms with E-state index in [2.05, 4.69) is 30.4 Å². The summed E-state index contributed by atoms with van der Waals surface area (Å²) < 4.78 is 13.1. The zero-order valence-corrected chi connectivity index (χ0v) is 19.4. The standard InChI is InChI=1S/C23H20ClN9O2/c1-32(15-5-7-34-11-15)23-25-10-18-21(31-23)22(28-12-26-18)30-14-2-3-19(17(24)8-14)35-16-4-6-33-20(9-16)27-13-29-33/h2-4,6,8-10,12-13,15H,5,7,11H2,1H3,(H,26,28,30)/t15-/m0/s1. The molecule has 6 rings (SSSR count). The fraction of sp³-hybridized carbons (Fsp3) is 0.217. The van der Waals surface area contributed by atoms with E-state index >= 15 is 0 Å². The van der Waals surface area contributed by atoms with Gasteiger partial charge < -0.3 is 19.7 Å². The van der Waals surface area contributed by atoms with Crippen LogP contribution >= 0.6 is 11.6 Å². The highest BCUT2D eigenvalue weighted by atomic mass is 35.5. The number of fused-ring (bicyclic) bond motifs is 2. The van der Waals surface area contributed by atoms with E-state index < -0.39 is 0 Å². The summed E-state index contributed by atoms with van der Waals surface area (Å²) >= 11 is 6.53. The Morgan fingerprint density at radius 2 is 2.09 bits per heavy atom. The molecule has 1 N–H and O–H groups in total. The van der Waals surface area contributed by atoms with Crippen molar-refractivity contribution in [3.8, 4) is 11.5 Å². The Kier molecular flexibility index (Phi) is 5.47. The highest BCUT2D eigenvalue weighted by Gasteiger charge is 2.23. The zero-order valence-electron chi connectivity index (χ0n) is 18.7. The van der Waals surface area contributed by atoms with Crippen LogP contribution in [0, 0.1) is 0 Å². The molecular weight excluding hydrogens is 470 g/mol. The lowest BCUT2D eigenvalue weighted by molar-refractivity contribution is 0.193. The zero-order chi connectivity index (χ0) is 23.8. The number of benzene rings is 1. The van der Waals surface area contributed by atoms with Crippen LogP contribution in [0.4, 0.5) is 17.5 Å². The van der Waals surface area contributed by atoms with Crippen LogP contribution in [0.25, 0.3) is 16.7 Å². The molecular formula is C23H20ClN9O2. The van der Waals surface area contributed by atoms with E-state index in [-0.39, 0.29) is 6.04 Å². The Morgan fingerprint density at radius 1 is 1.14 bits per heavy atom. The topological polar surface area (TPSA) is 115 Å². The van der Waals surface area contributed by atoms with Crippen molar-refractivity contribution in [3.63, 3.8) is 0 Å². The molecule has 1 fully saturated rings. The van der Waals surface area contributed by atoms with Gasteiger partial charge in [-0.05, 0) is 30.7 Å². The second kappa shape index (κ2) is 8.93. The van der Waals surface area contributed by atoms with E-state index in [9.17, 15) is 0 Å². The number of halogens is 1. The summed E-state index contributed by atoms with van der Waals surface area (Å²) in [4.78, 5) is 24.1. The van der Waals surface area contributed by atoms with Crippen molar-refractivity contribution in [1.29, 1.82) is 0 Å². The van der Waals surface area contributed by atoms with E-state index in [0.29, 0.717) is 51.6 Å². The summed E-state index contributed by atoms with van der Waals surface area (Å²) in [7, 11) is 1.97. The first-order chi connectivity index (χ1) is 17.1. The SMILES string of the molecule is CN(c1ncc2ncnc(Nc3ccc(Oc4ccn5ncnc5c4)c(Cl)c3)c2n1)[C@H]1CCOC1. The number of hydrogen-bond donors (Lipinski definition) is 1. The fourth-order valence-electron chi connectivity index (χ4n) is 3.88. The van der Waals surface area contributed by atoms with Gasteiger partial charge in [0.2, 0.25) is 5.95 Å². The first-order valence-electron chi connectivity index (χ1n) is 11.0. The van der Waals surface area contributed by atoms with Crippen LogP contribution in [0.3, 0.4) is 0 Å². The van der Waals surface area contributed by atoms with Crippen LogP contribution in [0.5, 0.6) is 11.5 Å². The molecule has 4 aromatic heterocycles. The summed E-state index contributed by atoms with van der Waals surface area (Å²) in [5, 5.41) is 7.81. The van der Waals surface area contributed by atoms with Crippen molar-refractivity contribution in [2.24, 2.45) is 0 Å². The molecule has 11 nitrogen and oxygen atoms in total. The Labute approximate surface area is 204 Å². The minimum absolute atomic E-state index is 0.241. The van der Waals surface area contributed by atoms with Gasteiger partial charge in [-0.3, -0.25) is 0 Å². The van der Waals surface area contributed by atoms with Gasteiger partial charge in [0.05, 0.1) is 23.9 Å². The van der Waals surface area contributed by atoms with Crippen LogP contribution in [0.15, 0.2) is 55.4 Å². The number of hydrogen-bond acceptors (Lipinski definition) is 10. The molecule has 1 atom stereocenters. The number of nitrogens with zero attached hydrogens (tertiary/aromatic N) is 8. The van der Waals surface area contributed by atoms with Gasteiger partial charge >= 0.3 is 0 Å². The average molecular weight is 490 g/mol. The van der Waals surface area contributed by atoms with E-state index in [4.69, 9.17) is 26.1 Å². The molecule has 0 spiro atoms. The Morgan fingerprint density at radius 3 is 2.94 bits per heavy atom. The Bertz CT molecular complexity index is 1520. The number of rotatable bonds is 6. The van der Waals surface area contributed by atoms with Gasteiger partial charge in [0.15, 0.2) is 11.5 Å². The molecule has 5 heterocycles. The van der Waals surface area contributed by atoms with Crippen LogP contribution in [-0.2, 0) is 4.74 Å². The lowest BCUT2D eigenvalue weighted by Crippen LogP contribution is -2.33. The second-order valence-electron chi connectivity index (χ2n) is 8.05. The van der Waals surface area contributed by atoms with Gasteiger partial charge in [0.1, 0.15) is 35.2 Å². The predicted molar refractivity (Wildman–Crippen MR) is 131 cm³/mol. The van der Waals surface area contributed by atoms with Crippen LogP contribution in [0.1, 0.15) is 6.42 Å². The molecule has 1 aliphatic heterocycles. The third-order valence-electron chi connectivity index (χ3n) is 5.81. The van der Waals surface area contributed by atoms with Gasteiger partial charge in [-0.1, -0.05) is 11.6 Å². The van der Waals surface area contributed by atoms with Crippen LogP contribution < -0.4 is 15.0 Å². The van der Waals surface area contributed by atoms with E-state index in [1.165, 1.54) is 12.7 Å². The number of nitrogens with one attached hydrogen (secondary N) is 1. The van der Waals surface area contributed by atoms with Gasteiger partial charge in [0, 0.05) is 31.6 Å². The van der Waals surface area contributed by atoms with Crippen molar-refractivity contribution in [1.82, 2.24) is 34.5 Å².